The zero-order valence-electron chi connectivity index (χ0n) is 11.4. The fourth-order valence-electron chi connectivity index (χ4n) is 2.27. The largest absolute Gasteiger partial charge is 0.395 e. The van der Waals surface area contributed by atoms with Crippen LogP contribution in [0.15, 0.2) is 24.3 Å². The van der Waals surface area contributed by atoms with Crippen molar-refractivity contribution < 1.29 is 14.3 Å². The minimum absolute atomic E-state index is 0.0376. The first-order valence-electron chi connectivity index (χ1n) is 6.79. The predicted octanol–water partition coefficient (Wildman–Crippen LogP) is 0.0562. The highest BCUT2D eigenvalue weighted by molar-refractivity contribution is 5.78. The Labute approximate surface area is 118 Å². The standard InChI is InChI=1S/C14H20FN3O2/c15-12-1-3-13(4-2-12)18-8-6-17(7-9-18)11-14(20)16-5-10-19/h1-4,19H,5-11H2,(H,16,20). The van der Waals surface area contributed by atoms with Gasteiger partial charge in [0.05, 0.1) is 13.2 Å². The lowest BCUT2D eigenvalue weighted by molar-refractivity contribution is -0.122. The van der Waals surface area contributed by atoms with Crippen molar-refractivity contribution in [2.45, 2.75) is 0 Å². The van der Waals surface area contributed by atoms with Gasteiger partial charge < -0.3 is 15.3 Å². The minimum atomic E-state index is -0.229. The van der Waals surface area contributed by atoms with Gasteiger partial charge in [0, 0.05) is 38.4 Å². The van der Waals surface area contributed by atoms with Crippen LogP contribution >= 0.6 is 0 Å². The van der Waals surface area contributed by atoms with E-state index in [0.29, 0.717) is 13.1 Å². The van der Waals surface area contributed by atoms with E-state index in [9.17, 15) is 9.18 Å². The van der Waals surface area contributed by atoms with Crippen LogP contribution < -0.4 is 10.2 Å². The third kappa shape index (κ3) is 4.18. The normalized spacial score (nSPS) is 16.2. The average Bonchev–Trinajstić information content (AvgIpc) is 2.47. The van der Waals surface area contributed by atoms with Crippen molar-refractivity contribution >= 4 is 11.6 Å². The molecule has 110 valence electrons. The summed E-state index contributed by atoms with van der Waals surface area (Å²) in [5.74, 6) is -0.290. The molecule has 2 rings (SSSR count). The first kappa shape index (κ1) is 14.7. The number of hydrogen-bond donors (Lipinski definition) is 2. The number of anilines is 1. The number of carbonyl (C=O) groups is 1. The molecule has 1 fully saturated rings. The van der Waals surface area contributed by atoms with E-state index in [2.05, 4.69) is 15.1 Å². The number of aliphatic hydroxyl groups excluding tert-OH is 1. The number of rotatable bonds is 5. The van der Waals surface area contributed by atoms with Crippen molar-refractivity contribution in [1.82, 2.24) is 10.2 Å². The molecule has 6 heteroatoms. The van der Waals surface area contributed by atoms with Gasteiger partial charge in [-0.15, -0.1) is 0 Å². The zero-order chi connectivity index (χ0) is 14.4. The molecule has 0 aromatic heterocycles. The van der Waals surface area contributed by atoms with Crippen LogP contribution in [0.3, 0.4) is 0 Å². The summed E-state index contributed by atoms with van der Waals surface area (Å²) in [4.78, 5) is 15.8. The molecule has 0 radical (unpaired) electrons. The van der Waals surface area contributed by atoms with Gasteiger partial charge in [0.15, 0.2) is 0 Å². The quantitative estimate of drug-likeness (QED) is 0.801. The van der Waals surface area contributed by atoms with Crippen molar-refractivity contribution in [3.05, 3.63) is 30.1 Å². The van der Waals surface area contributed by atoms with Crippen molar-refractivity contribution in [3.8, 4) is 0 Å². The Morgan fingerprint density at radius 2 is 1.85 bits per heavy atom. The van der Waals surface area contributed by atoms with Crippen LogP contribution in [-0.4, -0.2) is 61.8 Å². The van der Waals surface area contributed by atoms with E-state index in [-0.39, 0.29) is 18.3 Å². The average molecular weight is 281 g/mol. The van der Waals surface area contributed by atoms with Crippen LogP contribution in [-0.2, 0) is 4.79 Å². The summed E-state index contributed by atoms with van der Waals surface area (Å²) in [6.07, 6.45) is 0. The van der Waals surface area contributed by atoms with E-state index in [1.807, 2.05) is 0 Å². The molecule has 1 heterocycles. The van der Waals surface area contributed by atoms with Gasteiger partial charge in [0.25, 0.3) is 0 Å². The van der Waals surface area contributed by atoms with Crippen LogP contribution in [0, 0.1) is 5.82 Å². The summed E-state index contributed by atoms with van der Waals surface area (Å²) >= 11 is 0. The Balaban J connectivity index is 1.77. The molecule has 0 aliphatic carbocycles. The molecule has 1 aromatic carbocycles. The fraction of sp³-hybridized carbons (Fsp3) is 0.500. The minimum Gasteiger partial charge on any atom is -0.395 e. The van der Waals surface area contributed by atoms with Gasteiger partial charge in [-0.25, -0.2) is 4.39 Å². The Morgan fingerprint density at radius 1 is 1.20 bits per heavy atom. The van der Waals surface area contributed by atoms with Crippen molar-refractivity contribution in [2.75, 3.05) is 50.8 Å². The first-order valence-corrected chi connectivity index (χ1v) is 6.79. The molecule has 1 saturated heterocycles. The van der Waals surface area contributed by atoms with Crippen molar-refractivity contribution in [1.29, 1.82) is 0 Å². The Kier molecular flexibility index (Phi) is 5.31. The van der Waals surface area contributed by atoms with Crippen LogP contribution in [0.5, 0.6) is 0 Å². The fourth-order valence-corrected chi connectivity index (χ4v) is 2.27. The molecule has 1 aliphatic rings. The van der Waals surface area contributed by atoms with Gasteiger partial charge in [0.1, 0.15) is 5.82 Å². The van der Waals surface area contributed by atoms with Crippen LogP contribution in [0.2, 0.25) is 0 Å². The second-order valence-electron chi connectivity index (χ2n) is 4.81. The molecular weight excluding hydrogens is 261 g/mol. The summed E-state index contributed by atoms with van der Waals surface area (Å²) in [7, 11) is 0. The Bertz CT molecular complexity index is 431. The summed E-state index contributed by atoms with van der Waals surface area (Å²) in [6.45, 7) is 3.85. The molecule has 1 amide bonds. The molecule has 5 nitrogen and oxygen atoms in total. The summed E-state index contributed by atoms with van der Waals surface area (Å²) < 4.78 is 12.9. The third-order valence-corrected chi connectivity index (χ3v) is 3.37. The SMILES string of the molecule is O=C(CN1CCN(c2ccc(F)cc2)CC1)NCCO. The van der Waals surface area contributed by atoms with E-state index < -0.39 is 0 Å². The second kappa shape index (κ2) is 7.21. The maximum absolute atomic E-state index is 12.9. The molecule has 2 N–H and O–H groups in total. The monoisotopic (exact) mass is 281 g/mol. The summed E-state index contributed by atoms with van der Waals surface area (Å²) in [5.41, 5.74) is 1.01. The Morgan fingerprint density at radius 3 is 2.45 bits per heavy atom. The summed E-state index contributed by atoms with van der Waals surface area (Å²) in [5, 5.41) is 11.3. The van der Waals surface area contributed by atoms with Gasteiger partial charge in [0.2, 0.25) is 5.91 Å². The molecule has 0 saturated carbocycles. The number of nitrogens with zero attached hydrogens (tertiary/aromatic N) is 2. The predicted molar refractivity (Wildman–Crippen MR) is 75.1 cm³/mol. The van der Waals surface area contributed by atoms with Crippen LogP contribution in [0.25, 0.3) is 0 Å². The van der Waals surface area contributed by atoms with Gasteiger partial charge in [-0.1, -0.05) is 0 Å². The smallest absolute Gasteiger partial charge is 0.234 e. The maximum Gasteiger partial charge on any atom is 0.234 e. The Hall–Kier alpha value is -1.66. The van der Waals surface area contributed by atoms with Gasteiger partial charge in [-0.3, -0.25) is 9.69 Å². The van der Waals surface area contributed by atoms with Gasteiger partial charge >= 0.3 is 0 Å². The van der Waals surface area contributed by atoms with E-state index in [4.69, 9.17) is 5.11 Å². The van der Waals surface area contributed by atoms with Crippen LogP contribution in [0.1, 0.15) is 0 Å². The van der Waals surface area contributed by atoms with Gasteiger partial charge in [-0.2, -0.15) is 0 Å². The molecule has 1 aromatic rings. The lowest BCUT2D eigenvalue weighted by Crippen LogP contribution is -2.49. The third-order valence-electron chi connectivity index (χ3n) is 3.37. The first-order chi connectivity index (χ1) is 9.69. The maximum atomic E-state index is 12.9. The molecule has 0 atom stereocenters. The number of carbonyl (C=O) groups excluding carboxylic acids is 1. The summed E-state index contributed by atoms with van der Waals surface area (Å²) in [6, 6.07) is 6.48. The highest BCUT2D eigenvalue weighted by atomic mass is 19.1. The molecule has 20 heavy (non-hydrogen) atoms. The highest BCUT2D eigenvalue weighted by Gasteiger charge is 2.18. The molecule has 1 aliphatic heterocycles. The number of benzene rings is 1. The molecule has 0 bridgehead atoms. The number of hydrogen-bond acceptors (Lipinski definition) is 4. The van der Waals surface area contributed by atoms with Crippen LogP contribution in [0.4, 0.5) is 10.1 Å². The number of aliphatic hydroxyl groups is 1. The van der Waals surface area contributed by atoms with E-state index >= 15 is 0 Å². The van der Waals surface area contributed by atoms with E-state index in [0.717, 1.165) is 31.9 Å². The van der Waals surface area contributed by atoms with E-state index in [1.54, 1.807) is 12.1 Å². The zero-order valence-corrected chi connectivity index (χ0v) is 11.4. The van der Waals surface area contributed by atoms with Gasteiger partial charge in [-0.05, 0) is 24.3 Å². The number of halogens is 1. The van der Waals surface area contributed by atoms with Crippen molar-refractivity contribution in [3.63, 3.8) is 0 Å². The van der Waals surface area contributed by atoms with Crippen molar-refractivity contribution in [2.24, 2.45) is 0 Å². The number of nitrogens with one attached hydrogen (secondary N) is 1. The van der Waals surface area contributed by atoms with E-state index in [1.165, 1.54) is 12.1 Å². The number of amides is 1. The topological polar surface area (TPSA) is 55.8 Å². The molecule has 0 spiro atoms. The second-order valence-corrected chi connectivity index (χ2v) is 4.81. The molecule has 0 unspecified atom stereocenters. The lowest BCUT2D eigenvalue weighted by Gasteiger charge is -2.35. The lowest BCUT2D eigenvalue weighted by atomic mass is 10.2. The molecular formula is C14H20FN3O2. The number of piperazine rings is 1. The highest BCUT2D eigenvalue weighted by Crippen LogP contribution is 2.16.